The molecule has 0 atom stereocenters. The van der Waals surface area contributed by atoms with Gasteiger partial charge in [-0.25, -0.2) is 0 Å². The van der Waals surface area contributed by atoms with Crippen LogP contribution in [0.4, 0.5) is 5.69 Å². The zero-order valence-electron chi connectivity index (χ0n) is 11.9. The number of para-hydroxylation sites is 1. The molecule has 2 rings (SSSR count). The van der Waals surface area contributed by atoms with Crippen LogP contribution in [0.5, 0.6) is 0 Å². The van der Waals surface area contributed by atoms with E-state index in [1.807, 2.05) is 32.0 Å². The van der Waals surface area contributed by atoms with Crippen LogP contribution in [-0.4, -0.2) is 19.1 Å². The maximum atomic E-state index is 12.0. The molecule has 104 valence electrons. The lowest BCUT2D eigenvalue weighted by Gasteiger charge is -2.21. The number of carbonyl (C=O) groups is 1. The van der Waals surface area contributed by atoms with Gasteiger partial charge >= 0.3 is 0 Å². The maximum Gasteiger partial charge on any atom is 0.224 e. The van der Waals surface area contributed by atoms with Crippen molar-refractivity contribution in [1.82, 2.24) is 0 Å². The molecular weight excluding hydrogens is 238 g/mol. The maximum absolute atomic E-state index is 12.0. The Balaban J connectivity index is 1.83. The summed E-state index contributed by atoms with van der Waals surface area (Å²) in [6.45, 7) is 5.76. The molecule has 1 N–H and O–H groups in total. The van der Waals surface area contributed by atoms with Gasteiger partial charge in [-0.1, -0.05) is 18.2 Å². The number of anilines is 1. The summed E-state index contributed by atoms with van der Waals surface area (Å²) in [7, 11) is 0. The van der Waals surface area contributed by atoms with E-state index >= 15 is 0 Å². The van der Waals surface area contributed by atoms with Crippen LogP contribution < -0.4 is 5.32 Å². The zero-order chi connectivity index (χ0) is 13.7. The molecule has 1 amide bonds. The van der Waals surface area contributed by atoms with Crippen molar-refractivity contribution >= 4 is 11.6 Å². The summed E-state index contributed by atoms with van der Waals surface area (Å²) in [5.74, 6) is 0.779. The third kappa shape index (κ3) is 4.06. The first-order chi connectivity index (χ1) is 9.16. The monoisotopic (exact) mass is 261 g/mol. The molecule has 0 aliphatic carbocycles. The van der Waals surface area contributed by atoms with Gasteiger partial charge in [-0.2, -0.15) is 0 Å². The van der Waals surface area contributed by atoms with Gasteiger partial charge < -0.3 is 10.1 Å². The highest BCUT2D eigenvalue weighted by atomic mass is 16.5. The van der Waals surface area contributed by atoms with Crippen molar-refractivity contribution in [3.05, 3.63) is 29.3 Å². The van der Waals surface area contributed by atoms with E-state index < -0.39 is 0 Å². The van der Waals surface area contributed by atoms with Crippen LogP contribution in [0.3, 0.4) is 0 Å². The number of aryl methyl sites for hydroxylation is 2. The smallest absolute Gasteiger partial charge is 0.224 e. The lowest BCUT2D eigenvalue weighted by molar-refractivity contribution is -0.116. The van der Waals surface area contributed by atoms with Crippen molar-refractivity contribution in [2.75, 3.05) is 18.5 Å². The zero-order valence-corrected chi connectivity index (χ0v) is 11.9. The minimum Gasteiger partial charge on any atom is -0.381 e. The van der Waals surface area contributed by atoms with E-state index in [9.17, 15) is 4.79 Å². The normalized spacial score (nSPS) is 16.3. The summed E-state index contributed by atoms with van der Waals surface area (Å²) in [5, 5.41) is 3.05. The first-order valence-corrected chi connectivity index (χ1v) is 7.10. The number of hydrogen-bond acceptors (Lipinski definition) is 2. The third-order valence-electron chi connectivity index (χ3n) is 3.87. The fraction of sp³-hybridized carbons (Fsp3) is 0.562. The predicted molar refractivity (Wildman–Crippen MR) is 77.3 cm³/mol. The first-order valence-electron chi connectivity index (χ1n) is 7.10. The number of rotatable bonds is 4. The Hall–Kier alpha value is -1.35. The Morgan fingerprint density at radius 1 is 1.26 bits per heavy atom. The highest BCUT2D eigenvalue weighted by molar-refractivity contribution is 5.92. The summed E-state index contributed by atoms with van der Waals surface area (Å²) in [6.07, 6.45) is 3.77. The largest absolute Gasteiger partial charge is 0.381 e. The van der Waals surface area contributed by atoms with Gasteiger partial charge in [0.1, 0.15) is 0 Å². The molecule has 3 nitrogen and oxygen atoms in total. The number of benzene rings is 1. The molecule has 1 aliphatic rings. The second-order valence-electron chi connectivity index (χ2n) is 5.41. The van der Waals surface area contributed by atoms with Gasteiger partial charge in [0.15, 0.2) is 0 Å². The first kappa shape index (κ1) is 14.1. The molecule has 0 unspecified atom stereocenters. The summed E-state index contributed by atoms with van der Waals surface area (Å²) >= 11 is 0. The molecule has 0 saturated carbocycles. The summed E-state index contributed by atoms with van der Waals surface area (Å²) < 4.78 is 5.33. The molecule has 0 radical (unpaired) electrons. The molecule has 0 spiro atoms. The summed E-state index contributed by atoms with van der Waals surface area (Å²) in [6, 6.07) is 6.07. The van der Waals surface area contributed by atoms with Crippen LogP contribution in [0.25, 0.3) is 0 Å². The Labute approximate surface area is 115 Å². The molecule has 0 aromatic heterocycles. The van der Waals surface area contributed by atoms with Crippen LogP contribution in [-0.2, 0) is 9.53 Å². The molecule has 19 heavy (non-hydrogen) atoms. The highest BCUT2D eigenvalue weighted by Gasteiger charge is 2.15. The standard InChI is InChI=1S/C16H23NO2/c1-12-4-3-5-13(2)16(12)17-15(18)7-6-14-8-10-19-11-9-14/h3-5,14H,6-11H2,1-2H3,(H,17,18). The SMILES string of the molecule is Cc1cccc(C)c1NC(=O)CCC1CCOCC1. The summed E-state index contributed by atoms with van der Waals surface area (Å²) in [4.78, 5) is 12.0. The van der Waals surface area contributed by atoms with Gasteiger partial charge in [0.2, 0.25) is 5.91 Å². The minimum atomic E-state index is 0.129. The Kier molecular flexibility index (Phi) is 4.97. The Morgan fingerprint density at radius 3 is 2.53 bits per heavy atom. The molecule has 1 aromatic carbocycles. The van der Waals surface area contributed by atoms with E-state index in [0.29, 0.717) is 12.3 Å². The van der Waals surface area contributed by atoms with Gasteiger partial charge in [0.25, 0.3) is 0 Å². The average Bonchev–Trinajstić information content (AvgIpc) is 2.42. The Bertz CT molecular complexity index is 416. The molecule has 0 bridgehead atoms. The quantitative estimate of drug-likeness (QED) is 0.901. The van der Waals surface area contributed by atoms with Crippen LogP contribution in [0.2, 0.25) is 0 Å². The van der Waals surface area contributed by atoms with Crippen LogP contribution in [0.1, 0.15) is 36.8 Å². The molecule has 1 heterocycles. The molecule has 1 fully saturated rings. The van der Waals surface area contributed by atoms with Gasteiger partial charge in [-0.3, -0.25) is 4.79 Å². The van der Waals surface area contributed by atoms with Crippen molar-refractivity contribution in [1.29, 1.82) is 0 Å². The second-order valence-corrected chi connectivity index (χ2v) is 5.41. The van der Waals surface area contributed by atoms with Crippen molar-refractivity contribution in [3.63, 3.8) is 0 Å². The number of hydrogen-bond donors (Lipinski definition) is 1. The van der Waals surface area contributed by atoms with E-state index in [4.69, 9.17) is 4.74 Å². The van der Waals surface area contributed by atoms with Crippen molar-refractivity contribution in [3.8, 4) is 0 Å². The van der Waals surface area contributed by atoms with Crippen molar-refractivity contribution in [2.24, 2.45) is 5.92 Å². The van der Waals surface area contributed by atoms with E-state index in [-0.39, 0.29) is 5.91 Å². The van der Waals surface area contributed by atoms with E-state index in [1.54, 1.807) is 0 Å². The molecular formula is C16H23NO2. The number of nitrogens with one attached hydrogen (secondary N) is 1. The van der Waals surface area contributed by atoms with E-state index in [2.05, 4.69) is 5.32 Å². The van der Waals surface area contributed by atoms with Crippen molar-refractivity contribution in [2.45, 2.75) is 39.5 Å². The lowest BCUT2D eigenvalue weighted by Crippen LogP contribution is -2.19. The van der Waals surface area contributed by atoms with Gasteiger partial charge in [-0.05, 0) is 50.2 Å². The van der Waals surface area contributed by atoms with E-state index in [0.717, 1.165) is 49.3 Å². The van der Waals surface area contributed by atoms with Gasteiger partial charge in [0.05, 0.1) is 0 Å². The second kappa shape index (κ2) is 6.71. The Morgan fingerprint density at radius 2 is 1.89 bits per heavy atom. The number of amides is 1. The number of ether oxygens (including phenoxy) is 1. The predicted octanol–water partition coefficient (Wildman–Crippen LogP) is 3.45. The molecule has 3 heteroatoms. The highest BCUT2D eigenvalue weighted by Crippen LogP contribution is 2.22. The minimum absolute atomic E-state index is 0.129. The third-order valence-corrected chi connectivity index (χ3v) is 3.87. The van der Waals surface area contributed by atoms with Crippen LogP contribution in [0, 0.1) is 19.8 Å². The fourth-order valence-corrected chi connectivity index (χ4v) is 2.58. The van der Waals surface area contributed by atoms with Crippen LogP contribution in [0.15, 0.2) is 18.2 Å². The molecule has 1 aliphatic heterocycles. The van der Waals surface area contributed by atoms with Gasteiger partial charge in [0, 0.05) is 25.3 Å². The van der Waals surface area contributed by atoms with E-state index in [1.165, 1.54) is 0 Å². The molecule has 1 aromatic rings. The van der Waals surface area contributed by atoms with Crippen LogP contribution >= 0.6 is 0 Å². The lowest BCUT2D eigenvalue weighted by atomic mass is 9.95. The van der Waals surface area contributed by atoms with Crippen molar-refractivity contribution < 1.29 is 9.53 Å². The average molecular weight is 261 g/mol. The molecule has 1 saturated heterocycles. The fourth-order valence-electron chi connectivity index (χ4n) is 2.58. The summed E-state index contributed by atoms with van der Waals surface area (Å²) in [5.41, 5.74) is 3.22. The topological polar surface area (TPSA) is 38.3 Å². The van der Waals surface area contributed by atoms with Gasteiger partial charge in [-0.15, -0.1) is 0 Å². The number of carbonyl (C=O) groups excluding carboxylic acids is 1.